The quantitative estimate of drug-likeness (QED) is 0.581. The number of pyridine rings is 1. The number of amides is 1. The Balaban J connectivity index is 2.14. The lowest BCUT2D eigenvalue weighted by atomic mass is 10.1. The number of rotatable bonds is 5. The molecule has 0 aromatic carbocycles. The molecular weight excluding hydrogens is 286 g/mol. The van der Waals surface area contributed by atoms with E-state index in [1.165, 1.54) is 11.3 Å². The van der Waals surface area contributed by atoms with Crippen molar-refractivity contribution in [3.05, 3.63) is 39.5 Å². The lowest BCUT2D eigenvalue weighted by Crippen LogP contribution is -2.23. The number of nitrogen functional groups attached to an aromatic ring is 1. The summed E-state index contributed by atoms with van der Waals surface area (Å²) in [5, 5.41) is 2.89. The van der Waals surface area contributed by atoms with E-state index < -0.39 is 0 Å². The second-order valence-electron chi connectivity index (χ2n) is 5.01. The molecule has 2 aromatic rings. The summed E-state index contributed by atoms with van der Waals surface area (Å²) in [6.07, 6.45) is 0. The fourth-order valence-corrected chi connectivity index (χ4v) is 2.53. The van der Waals surface area contributed by atoms with E-state index in [4.69, 9.17) is 5.84 Å². The second-order valence-corrected chi connectivity index (χ2v) is 5.95. The number of hydrogen-bond donors (Lipinski definition) is 3. The highest BCUT2D eigenvalue weighted by molar-refractivity contribution is 7.09. The topological polar surface area (TPSA) is 92.9 Å². The second kappa shape index (κ2) is 6.64. The van der Waals surface area contributed by atoms with Crippen LogP contribution in [-0.2, 0) is 6.54 Å². The predicted molar refractivity (Wildman–Crippen MR) is 84.2 cm³/mol. The van der Waals surface area contributed by atoms with Gasteiger partial charge in [-0.15, -0.1) is 11.3 Å². The monoisotopic (exact) mass is 305 g/mol. The third-order valence-corrected chi connectivity index (χ3v) is 4.04. The van der Waals surface area contributed by atoms with E-state index >= 15 is 0 Å². The van der Waals surface area contributed by atoms with Crippen LogP contribution < -0.4 is 16.6 Å². The molecule has 0 atom stereocenters. The van der Waals surface area contributed by atoms with E-state index in [0.29, 0.717) is 17.9 Å². The van der Waals surface area contributed by atoms with Gasteiger partial charge in [-0.2, -0.15) is 0 Å². The molecule has 0 aliphatic heterocycles. The molecular formula is C14H19N5OS. The maximum Gasteiger partial charge on any atom is 0.251 e. The van der Waals surface area contributed by atoms with Gasteiger partial charge in [-0.25, -0.2) is 15.8 Å². The van der Waals surface area contributed by atoms with E-state index in [1.54, 1.807) is 17.6 Å². The molecule has 0 unspecified atom stereocenters. The molecule has 2 aromatic heterocycles. The first-order chi connectivity index (χ1) is 10.0. The minimum atomic E-state index is -0.149. The number of anilines is 1. The number of thiazole rings is 1. The van der Waals surface area contributed by atoms with Crippen molar-refractivity contribution in [1.82, 2.24) is 15.3 Å². The third-order valence-electron chi connectivity index (χ3n) is 3.10. The van der Waals surface area contributed by atoms with Crippen molar-refractivity contribution in [1.29, 1.82) is 0 Å². The van der Waals surface area contributed by atoms with Crippen molar-refractivity contribution >= 4 is 23.1 Å². The number of aromatic nitrogens is 2. The summed E-state index contributed by atoms with van der Waals surface area (Å²) >= 11 is 1.53. The van der Waals surface area contributed by atoms with E-state index in [0.717, 1.165) is 16.3 Å². The van der Waals surface area contributed by atoms with Crippen LogP contribution in [0.15, 0.2) is 17.6 Å². The summed E-state index contributed by atoms with van der Waals surface area (Å²) in [5.41, 5.74) is 6.59. The normalized spacial score (nSPS) is 10.7. The number of hydrazine groups is 1. The van der Waals surface area contributed by atoms with Crippen molar-refractivity contribution in [2.75, 3.05) is 5.43 Å². The summed E-state index contributed by atoms with van der Waals surface area (Å²) in [6, 6.07) is 3.43. The van der Waals surface area contributed by atoms with Crippen LogP contribution in [0.5, 0.6) is 0 Å². The Labute approximate surface area is 127 Å². The molecule has 7 heteroatoms. The fraction of sp³-hybridized carbons (Fsp3) is 0.357. The summed E-state index contributed by atoms with van der Waals surface area (Å²) in [4.78, 5) is 21.8. The summed E-state index contributed by atoms with van der Waals surface area (Å²) in [6.45, 7) is 6.44. The molecule has 0 aliphatic rings. The average Bonchev–Trinajstić information content (AvgIpc) is 2.89. The van der Waals surface area contributed by atoms with Crippen LogP contribution >= 0.6 is 11.3 Å². The van der Waals surface area contributed by atoms with E-state index in [2.05, 4.69) is 20.7 Å². The first-order valence-corrected chi connectivity index (χ1v) is 7.55. The highest BCUT2D eigenvalue weighted by Crippen LogP contribution is 2.17. The number of nitrogens with zero attached hydrogens (tertiary/aromatic N) is 2. The smallest absolute Gasteiger partial charge is 0.251 e. The van der Waals surface area contributed by atoms with Crippen LogP contribution in [0.1, 0.15) is 46.4 Å². The number of nitrogens with one attached hydrogen (secondary N) is 2. The Bertz CT molecular complexity index is 638. The van der Waals surface area contributed by atoms with Gasteiger partial charge in [-0.05, 0) is 25.0 Å². The molecule has 4 N–H and O–H groups in total. The number of aryl methyl sites for hydroxylation is 1. The Morgan fingerprint density at radius 3 is 2.76 bits per heavy atom. The maximum absolute atomic E-state index is 12.3. The lowest BCUT2D eigenvalue weighted by Gasteiger charge is -2.11. The van der Waals surface area contributed by atoms with Gasteiger partial charge in [0.15, 0.2) is 0 Å². The van der Waals surface area contributed by atoms with E-state index in [1.807, 2.05) is 20.8 Å². The molecule has 1 amide bonds. The number of carbonyl (C=O) groups excluding carboxylic acids is 1. The standard InChI is InChI=1S/C14H19N5OS/c1-8(2)11-4-10(5-13(18-11)19-15)14(20)16-6-12-9(3)17-7-21-12/h4-5,7-8H,6,15H2,1-3H3,(H,16,20)(H,18,19). The lowest BCUT2D eigenvalue weighted by molar-refractivity contribution is 0.0951. The van der Waals surface area contributed by atoms with Gasteiger partial charge in [-0.3, -0.25) is 4.79 Å². The molecule has 2 rings (SSSR count). The number of nitrogens with two attached hydrogens (primary N) is 1. The van der Waals surface area contributed by atoms with Crippen molar-refractivity contribution in [3.63, 3.8) is 0 Å². The van der Waals surface area contributed by atoms with Crippen LogP contribution in [-0.4, -0.2) is 15.9 Å². The molecule has 0 bridgehead atoms. The van der Waals surface area contributed by atoms with Gasteiger partial charge in [0.2, 0.25) is 0 Å². The van der Waals surface area contributed by atoms with Gasteiger partial charge in [0.1, 0.15) is 5.82 Å². The molecule has 0 radical (unpaired) electrons. The summed E-state index contributed by atoms with van der Waals surface area (Å²) in [5.74, 6) is 5.96. The molecule has 112 valence electrons. The molecule has 0 saturated heterocycles. The Morgan fingerprint density at radius 1 is 1.43 bits per heavy atom. The zero-order valence-electron chi connectivity index (χ0n) is 12.3. The van der Waals surface area contributed by atoms with E-state index in [-0.39, 0.29) is 11.8 Å². The van der Waals surface area contributed by atoms with Gasteiger partial charge in [-0.1, -0.05) is 13.8 Å². The zero-order valence-corrected chi connectivity index (χ0v) is 13.1. The van der Waals surface area contributed by atoms with Gasteiger partial charge < -0.3 is 10.7 Å². The Hall–Kier alpha value is -1.99. The number of hydrogen-bond acceptors (Lipinski definition) is 6. The fourth-order valence-electron chi connectivity index (χ4n) is 1.81. The van der Waals surface area contributed by atoms with Crippen LogP contribution in [0.3, 0.4) is 0 Å². The molecule has 0 aliphatic carbocycles. The molecule has 6 nitrogen and oxygen atoms in total. The van der Waals surface area contributed by atoms with Crippen molar-refractivity contribution in [2.24, 2.45) is 5.84 Å². The van der Waals surface area contributed by atoms with Crippen LogP contribution in [0.25, 0.3) is 0 Å². The van der Waals surface area contributed by atoms with Crippen LogP contribution in [0.4, 0.5) is 5.82 Å². The minimum absolute atomic E-state index is 0.149. The van der Waals surface area contributed by atoms with Crippen LogP contribution in [0, 0.1) is 6.92 Å². The Morgan fingerprint density at radius 2 is 2.19 bits per heavy atom. The first-order valence-electron chi connectivity index (χ1n) is 6.67. The van der Waals surface area contributed by atoms with Gasteiger partial charge in [0.05, 0.1) is 17.7 Å². The van der Waals surface area contributed by atoms with Crippen LogP contribution in [0.2, 0.25) is 0 Å². The highest BCUT2D eigenvalue weighted by atomic mass is 32.1. The summed E-state index contributed by atoms with van der Waals surface area (Å²) < 4.78 is 0. The maximum atomic E-state index is 12.3. The SMILES string of the molecule is Cc1ncsc1CNC(=O)c1cc(NN)nc(C(C)C)c1. The minimum Gasteiger partial charge on any atom is -0.347 e. The highest BCUT2D eigenvalue weighted by Gasteiger charge is 2.12. The predicted octanol–water partition coefficient (Wildman–Crippen LogP) is 2.19. The molecule has 0 fully saturated rings. The van der Waals surface area contributed by atoms with Gasteiger partial charge >= 0.3 is 0 Å². The molecule has 0 spiro atoms. The average molecular weight is 305 g/mol. The van der Waals surface area contributed by atoms with Crippen molar-refractivity contribution in [3.8, 4) is 0 Å². The third kappa shape index (κ3) is 3.77. The number of carbonyl (C=O) groups is 1. The van der Waals surface area contributed by atoms with E-state index in [9.17, 15) is 4.79 Å². The van der Waals surface area contributed by atoms with Crippen molar-refractivity contribution < 1.29 is 4.79 Å². The zero-order chi connectivity index (χ0) is 15.4. The molecule has 21 heavy (non-hydrogen) atoms. The first kappa shape index (κ1) is 15.4. The molecule has 2 heterocycles. The van der Waals surface area contributed by atoms with Gasteiger partial charge in [0.25, 0.3) is 5.91 Å². The van der Waals surface area contributed by atoms with Gasteiger partial charge in [0, 0.05) is 16.1 Å². The molecule has 0 saturated carbocycles. The largest absolute Gasteiger partial charge is 0.347 e. The van der Waals surface area contributed by atoms with Crippen molar-refractivity contribution in [2.45, 2.75) is 33.2 Å². The summed E-state index contributed by atoms with van der Waals surface area (Å²) in [7, 11) is 0. The Kier molecular flexibility index (Phi) is 4.87.